The van der Waals surface area contributed by atoms with Crippen LogP contribution in [0.5, 0.6) is 0 Å². The molecule has 0 atom stereocenters. The molecule has 5 heteroatoms. The largest absolute Gasteiger partial charge is 0.378 e. The van der Waals surface area contributed by atoms with Crippen LogP contribution in [0.1, 0.15) is 22.3 Å². The highest BCUT2D eigenvalue weighted by Gasteiger charge is 2.06. The summed E-state index contributed by atoms with van der Waals surface area (Å²) in [4.78, 5) is 11.3. The Labute approximate surface area is 125 Å². The monoisotopic (exact) mass is 286 g/mol. The van der Waals surface area contributed by atoms with Gasteiger partial charge in [0.2, 0.25) is 5.91 Å². The van der Waals surface area contributed by atoms with E-state index in [1.165, 1.54) is 22.3 Å². The molecule has 2 rings (SSSR count). The summed E-state index contributed by atoms with van der Waals surface area (Å²) in [5.74, 6) is -0.0603. The summed E-state index contributed by atoms with van der Waals surface area (Å²) in [5.41, 5.74) is 6.08. The summed E-state index contributed by atoms with van der Waals surface area (Å²) in [5, 5.41) is 10.1. The van der Waals surface area contributed by atoms with Gasteiger partial charge < -0.3 is 10.6 Å². The fourth-order valence-electron chi connectivity index (χ4n) is 2.45. The molecule has 0 spiro atoms. The van der Waals surface area contributed by atoms with Crippen LogP contribution in [0.15, 0.2) is 24.5 Å². The predicted octanol–water partition coefficient (Wildman–Crippen LogP) is 2.17. The summed E-state index contributed by atoms with van der Waals surface area (Å²) in [6.07, 6.45) is 3.58. The van der Waals surface area contributed by atoms with Crippen LogP contribution < -0.4 is 10.6 Å². The highest BCUT2D eigenvalue weighted by atomic mass is 16.1. The van der Waals surface area contributed by atoms with E-state index in [2.05, 4.69) is 48.6 Å². The number of anilines is 1. The number of carbonyl (C=O) groups excluding carboxylic acids is 1. The molecule has 112 valence electrons. The van der Waals surface area contributed by atoms with Crippen molar-refractivity contribution in [1.29, 1.82) is 0 Å². The lowest BCUT2D eigenvalue weighted by Gasteiger charge is -2.12. The number of aryl methyl sites for hydroxylation is 3. The minimum absolute atomic E-state index is 0.0603. The minimum atomic E-state index is -0.0603. The van der Waals surface area contributed by atoms with Gasteiger partial charge in [-0.2, -0.15) is 5.10 Å². The number of hydrogen-bond acceptors (Lipinski definition) is 3. The van der Waals surface area contributed by atoms with Gasteiger partial charge in [0.25, 0.3) is 0 Å². The highest BCUT2D eigenvalue weighted by molar-refractivity contribution is 5.75. The molecule has 0 fully saturated rings. The van der Waals surface area contributed by atoms with E-state index in [1.54, 1.807) is 17.9 Å². The molecule has 0 bridgehead atoms. The van der Waals surface area contributed by atoms with E-state index in [0.717, 1.165) is 12.2 Å². The number of rotatable bonds is 5. The number of carbonyl (C=O) groups is 1. The zero-order valence-electron chi connectivity index (χ0n) is 13.0. The lowest BCUT2D eigenvalue weighted by atomic mass is 10.00. The number of amides is 1. The van der Waals surface area contributed by atoms with Crippen molar-refractivity contribution < 1.29 is 4.79 Å². The van der Waals surface area contributed by atoms with Crippen LogP contribution in [-0.2, 0) is 17.9 Å². The molecule has 0 saturated carbocycles. The van der Waals surface area contributed by atoms with Gasteiger partial charge in [-0.05, 0) is 37.5 Å². The Morgan fingerprint density at radius 2 is 1.90 bits per heavy atom. The molecule has 0 aliphatic carbocycles. The van der Waals surface area contributed by atoms with Gasteiger partial charge in [0, 0.05) is 19.8 Å². The van der Waals surface area contributed by atoms with Crippen LogP contribution in [-0.4, -0.2) is 22.7 Å². The van der Waals surface area contributed by atoms with E-state index < -0.39 is 0 Å². The number of nitrogens with one attached hydrogen (secondary N) is 2. The first-order chi connectivity index (χ1) is 9.99. The molecule has 0 saturated heterocycles. The molecule has 0 radical (unpaired) electrons. The average Bonchev–Trinajstić information content (AvgIpc) is 2.85. The van der Waals surface area contributed by atoms with Crippen molar-refractivity contribution in [1.82, 2.24) is 15.1 Å². The van der Waals surface area contributed by atoms with E-state index in [0.29, 0.717) is 0 Å². The molecule has 1 amide bonds. The zero-order valence-corrected chi connectivity index (χ0v) is 13.0. The molecule has 2 N–H and O–H groups in total. The van der Waals surface area contributed by atoms with Crippen LogP contribution in [0.25, 0.3) is 0 Å². The Morgan fingerprint density at radius 3 is 2.52 bits per heavy atom. The highest BCUT2D eigenvalue weighted by Crippen LogP contribution is 2.18. The Bertz CT molecular complexity index is 622. The maximum absolute atomic E-state index is 11.3. The van der Waals surface area contributed by atoms with Crippen molar-refractivity contribution in [2.24, 2.45) is 0 Å². The summed E-state index contributed by atoms with van der Waals surface area (Å²) < 4.78 is 1.62. The lowest BCUT2D eigenvalue weighted by Crippen LogP contribution is -2.23. The van der Waals surface area contributed by atoms with Crippen molar-refractivity contribution in [3.05, 3.63) is 46.8 Å². The van der Waals surface area contributed by atoms with Crippen LogP contribution >= 0.6 is 0 Å². The topological polar surface area (TPSA) is 59.0 Å². The third kappa shape index (κ3) is 3.84. The van der Waals surface area contributed by atoms with Crippen molar-refractivity contribution in [2.75, 3.05) is 12.4 Å². The normalized spacial score (nSPS) is 10.5. The van der Waals surface area contributed by atoms with Crippen LogP contribution in [0.4, 0.5) is 5.69 Å². The Kier molecular flexibility index (Phi) is 4.62. The number of benzene rings is 1. The lowest BCUT2D eigenvalue weighted by molar-refractivity contribution is -0.121. The van der Waals surface area contributed by atoms with Crippen molar-refractivity contribution in [3.8, 4) is 0 Å². The molecule has 0 aliphatic heterocycles. The van der Waals surface area contributed by atoms with Crippen molar-refractivity contribution in [3.63, 3.8) is 0 Å². The van der Waals surface area contributed by atoms with E-state index >= 15 is 0 Å². The smallest absolute Gasteiger partial charge is 0.241 e. The predicted molar refractivity (Wildman–Crippen MR) is 84.3 cm³/mol. The number of likely N-dealkylation sites (N-methyl/N-ethyl adjacent to an activating group) is 1. The van der Waals surface area contributed by atoms with Gasteiger partial charge >= 0.3 is 0 Å². The second-order valence-electron chi connectivity index (χ2n) is 5.33. The standard InChI is InChI=1S/C16H22N4O/c1-11-5-12(2)15(13(3)6-11)8-18-14-7-19-20(9-14)10-16(21)17-4/h5-7,9,18H,8,10H2,1-4H3,(H,17,21). The van der Waals surface area contributed by atoms with E-state index in [9.17, 15) is 4.79 Å². The Morgan fingerprint density at radius 1 is 1.24 bits per heavy atom. The number of hydrogen-bond donors (Lipinski definition) is 2. The van der Waals surface area contributed by atoms with Gasteiger partial charge in [0.15, 0.2) is 0 Å². The van der Waals surface area contributed by atoms with Crippen molar-refractivity contribution in [2.45, 2.75) is 33.9 Å². The van der Waals surface area contributed by atoms with Gasteiger partial charge in [0.1, 0.15) is 6.54 Å². The number of nitrogens with zero attached hydrogens (tertiary/aromatic N) is 2. The third-order valence-electron chi connectivity index (χ3n) is 3.53. The van der Waals surface area contributed by atoms with Crippen LogP contribution in [0.3, 0.4) is 0 Å². The molecular formula is C16H22N4O. The first-order valence-corrected chi connectivity index (χ1v) is 7.03. The molecule has 0 unspecified atom stereocenters. The van der Waals surface area contributed by atoms with Gasteiger partial charge in [0.05, 0.1) is 11.9 Å². The molecule has 1 aromatic carbocycles. The maximum atomic E-state index is 11.3. The van der Waals surface area contributed by atoms with Gasteiger partial charge in [-0.1, -0.05) is 17.7 Å². The molecule has 21 heavy (non-hydrogen) atoms. The minimum Gasteiger partial charge on any atom is -0.378 e. The first-order valence-electron chi connectivity index (χ1n) is 7.03. The molecule has 5 nitrogen and oxygen atoms in total. The van der Waals surface area contributed by atoms with Gasteiger partial charge in [-0.15, -0.1) is 0 Å². The molecule has 1 aromatic heterocycles. The second kappa shape index (κ2) is 6.43. The second-order valence-corrected chi connectivity index (χ2v) is 5.33. The SMILES string of the molecule is CNC(=O)Cn1cc(NCc2c(C)cc(C)cc2C)cn1. The van der Waals surface area contributed by atoms with Gasteiger partial charge in [-0.3, -0.25) is 9.48 Å². The first kappa shape index (κ1) is 15.1. The zero-order chi connectivity index (χ0) is 15.4. The Hall–Kier alpha value is -2.30. The fraction of sp³-hybridized carbons (Fsp3) is 0.375. The average molecular weight is 286 g/mol. The van der Waals surface area contributed by atoms with E-state index in [1.807, 2.05) is 6.20 Å². The quantitative estimate of drug-likeness (QED) is 0.885. The van der Waals surface area contributed by atoms with Crippen LogP contribution in [0, 0.1) is 20.8 Å². The fourth-order valence-corrected chi connectivity index (χ4v) is 2.45. The van der Waals surface area contributed by atoms with Crippen molar-refractivity contribution >= 4 is 11.6 Å². The summed E-state index contributed by atoms with van der Waals surface area (Å²) >= 11 is 0. The van der Waals surface area contributed by atoms with Gasteiger partial charge in [-0.25, -0.2) is 0 Å². The maximum Gasteiger partial charge on any atom is 0.241 e. The summed E-state index contributed by atoms with van der Waals surface area (Å²) in [6.45, 7) is 7.36. The molecule has 2 aromatic rings. The summed E-state index contributed by atoms with van der Waals surface area (Å²) in [6, 6.07) is 4.39. The molecule has 1 heterocycles. The van der Waals surface area contributed by atoms with Crippen LogP contribution in [0.2, 0.25) is 0 Å². The van der Waals surface area contributed by atoms with E-state index in [4.69, 9.17) is 0 Å². The third-order valence-corrected chi connectivity index (χ3v) is 3.53. The summed E-state index contributed by atoms with van der Waals surface area (Å²) in [7, 11) is 1.62. The number of aromatic nitrogens is 2. The molecular weight excluding hydrogens is 264 g/mol. The Balaban J connectivity index is 2.02. The molecule has 0 aliphatic rings. The van der Waals surface area contributed by atoms with E-state index in [-0.39, 0.29) is 12.5 Å².